The Labute approximate surface area is 118 Å². The molecule has 1 aromatic carbocycles. The Balaban J connectivity index is 2.70. The number of carboxylic acids is 1. The molecule has 1 rings (SSSR count). The number of likely N-dealkylation sites (N-methyl/N-ethyl adjacent to an activating group) is 1. The number of benzene rings is 1. The summed E-state index contributed by atoms with van der Waals surface area (Å²) in [7, 11) is 1.59. The smallest absolute Gasteiger partial charge is 0.317 e. The molecule has 0 bridgehead atoms. The van der Waals surface area contributed by atoms with Crippen molar-refractivity contribution in [3.8, 4) is 0 Å². The summed E-state index contributed by atoms with van der Waals surface area (Å²) in [6.45, 7) is 3.47. The molecule has 0 radical (unpaired) electrons. The Morgan fingerprint density at radius 1 is 1.45 bits per heavy atom. The number of rotatable bonds is 6. The van der Waals surface area contributed by atoms with Crippen molar-refractivity contribution in [2.24, 2.45) is 0 Å². The van der Waals surface area contributed by atoms with Crippen molar-refractivity contribution in [2.45, 2.75) is 26.3 Å². The van der Waals surface area contributed by atoms with E-state index in [4.69, 9.17) is 10.8 Å². The quantitative estimate of drug-likeness (QED) is 0.679. The van der Waals surface area contributed by atoms with Gasteiger partial charge in [0.2, 0.25) is 5.91 Å². The van der Waals surface area contributed by atoms with Gasteiger partial charge in [-0.25, -0.2) is 0 Å². The van der Waals surface area contributed by atoms with Crippen LogP contribution in [0.25, 0.3) is 0 Å². The average molecular weight is 279 g/mol. The third-order valence-corrected chi connectivity index (χ3v) is 3.22. The maximum Gasteiger partial charge on any atom is 0.317 e. The largest absolute Gasteiger partial charge is 0.480 e. The van der Waals surface area contributed by atoms with Crippen molar-refractivity contribution >= 4 is 23.3 Å². The number of nitrogens with zero attached hydrogens (tertiary/aromatic N) is 1. The zero-order valence-electron chi connectivity index (χ0n) is 12.0. The molecule has 0 fully saturated rings. The van der Waals surface area contributed by atoms with Crippen LogP contribution in [-0.4, -0.2) is 41.5 Å². The Morgan fingerprint density at radius 2 is 2.10 bits per heavy atom. The summed E-state index contributed by atoms with van der Waals surface area (Å²) < 4.78 is 0. The van der Waals surface area contributed by atoms with Crippen molar-refractivity contribution in [1.82, 2.24) is 4.90 Å². The molecule has 20 heavy (non-hydrogen) atoms. The second-order valence-corrected chi connectivity index (χ2v) is 4.74. The normalized spacial score (nSPS) is 12.2. The van der Waals surface area contributed by atoms with Gasteiger partial charge in [0, 0.05) is 11.4 Å². The summed E-state index contributed by atoms with van der Waals surface area (Å²) in [6, 6.07) is 4.83. The van der Waals surface area contributed by atoms with Gasteiger partial charge in [0.1, 0.15) is 0 Å². The highest BCUT2D eigenvalue weighted by molar-refractivity contribution is 5.95. The molecule has 0 aromatic heterocycles. The van der Waals surface area contributed by atoms with E-state index in [-0.39, 0.29) is 12.5 Å². The third-order valence-electron chi connectivity index (χ3n) is 3.22. The summed E-state index contributed by atoms with van der Waals surface area (Å²) in [5.74, 6) is -1.24. The van der Waals surface area contributed by atoms with E-state index < -0.39 is 12.0 Å². The predicted molar refractivity (Wildman–Crippen MR) is 78.6 cm³/mol. The first-order valence-electron chi connectivity index (χ1n) is 6.46. The van der Waals surface area contributed by atoms with Gasteiger partial charge >= 0.3 is 5.97 Å². The minimum Gasteiger partial charge on any atom is -0.480 e. The van der Waals surface area contributed by atoms with E-state index in [1.165, 1.54) is 4.90 Å². The van der Waals surface area contributed by atoms with E-state index in [2.05, 4.69) is 5.32 Å². The highest BCUT2D eigenvalue weighted by Gasteiger charge is 2.20. The number of carboxylic acid groups (broad SMARTS) is 1. The van der Waals surface area contributed by atoms with Gasteiger partial charge in [-0.05, 0) is 38.1 Å². The topological polar surface area (TPSA) is 95.7 Å². The second-order valence-electron chi connectivity index (χ2n) is 4.74. The number of aryl methyl sites for hydroxylation is 1. The highest BCUT2D eigenvalue weighted by atomic mass is 16.4. The molecule has 6 nitrogen and oxygen atoms in total. The van der Waals surface area contributed by atoms with Gasteiger partial charge in [0.25, 0.3) is 0 Å². The molecule has 0 spiro atoms. The summed E-state index contributed by atoms with van der Waals surface area (Å²) in [6.07, 6.45) is 0.831. The lowest BCUT2D eigenvalue weighted by atomic mass is 10.1. The number of nitrogens with one attached hydrogen (secondary N) is 1. The molecule has 6 heteroatoms. The number of nitrogen functional groups attached to an aromatic ring is 1. The number of carbonyl (C=O) groups excluding carboxylic acids is 1. The molecule has 1 aromatic rings. The van der Waals surface area contributed by atoms with Gasteiger partial charge in [-0.15, -0.1) is 0 Å². The molecule has 0 aliphatic carbocycles. The lowest BCUT2D eigenvalue weighted by Crippen LogP contribution is -2.42. The van der Waals surface area contributed by atoms with Gasteiger partial charge in [0.05, 0.1) is 12.6 Å². The van der Waals surface area contributed by atoms with Crippen LogP contribution in [0.4, 0.5) is 11.4 Å². The van der Waals surface area contributed by atoms with Crippen LogP contribution in [0.2, 0.25) is 0 Å². The standard InChI is InChI=1S/C14H21N3O3/c1-4-10-5-6-11(7-12(10)15)16-14(20)9(2)17(3)8-13(18)19/h5-7,9H,4,8,15H2,1-3H3,(H,16,20)(H,18,19). The van der Waals surface area contributed by atoms with Crippen LogP contribution < -0.4 is 11.1 Å². The van der Waals surface area contributed by atoms with Gasteiger partial charge in [0.15, 0.2) is 0 Å². The van der Waals surface area contributed by atoms with Gasteiger partial charge in [-0.1, -0.05) is 13.0 Å². The SMILES string of the molecule is CCc1ccc(NC(=O)C(C)N(C)CC(=O)O)cc1N. The predicted octanol–water partition coefficient (Wildman–Crippen LogP) is 1.17. The van der Waals surface area contributed by atoms with E-state index in [9.17, 15) is 9.59 Å². The van der Waals surface area contributed by atoms with E-state index >= 15 is 0 Å². The number of anilines is 2. The lowest BCUT2D eigenvalue weighted by molar-refractivity contribution is -0.138. The van der Waals surface area contributed by atoms with Gasteiger partial charge in [-0.2, -0.15) is 0 Å². The highest BCUT2D eigenvalue weighted by Crippen LogP contribution is 2.18. The number of amides is 1. The first-order valence-corrected chi connectivity index (χ1v) is 6.46. The van der Waals surface area contributed by atoms with E-state index in [1.54, 1.807) is 26.1 Å². The Morgan fingerprint density at radius 3 is 2.60 bits per heavy atom. The Hall–Kier alpha value is -2.08. The average Bonchev–Trinajstić information content (AvgIpc) is 2.37. The molecule has 1 atom stereocenters. The minimum atomic E-state index is -0.969. The van der Waals surface area contributed by atoms with Crippen LogP contribution in [0, 0.1) is 0 Å². The molecular formula is C14H21N3O3. The van der Waals surface area contributed by atoms with Crippen molar-refractivity contribution in [3.63, 3.8) is 0 Å². The first-order chi connectivity index (χ1) is 9.35. The van der Waals surface area contributed by atoms with Crippen molar-refractivity contribution in [3.05, 3.63) is 23.8 Å². The van der Waals surface area contributed by atoms with Crippen LogP contribution in [0.3, 0.4) is 0 Å². The molecule has 1 unspecified atom stereocenters. The number of nitrogens with two attached hydrogens (primary N) is 1. The summed E-state index contributed by atoms with van der Waals surface area (Å²) in [5.41, 5.74) is 8.14. The molecule has 0 aliphatic heterocycles. The minimum absolute atomic E-state index is 0.189. The van der Waals surface area contributed by atoms with E-state index in [1.807, 2.05) is 13.0 Å². The number of carbonyl (C=O) groups is 2. The Bertz CT molecular complexity index is 502. The second kappa shape index (κ2) is 6.91. The van der Waals surface area contributed by atoms with Crippen LogP contribution in [0.1, 0.15) is 19.4 Å². The zero-order valence-corrected chi connectivity index (χ0v) is 12.0. The maximum absolute atomic E-state index is 12.0. The maximum atomic E-state index is 12.0. The number of hydrogen-bond donors (Lipinski definition) is 3. The van der Waals surface area contributed by atoms with Crippen molar-refractivity contribution in [1.29, 1.82) is 0 Å². The zero-order chi connectivity index (χ0) is 15.3. The van der Waals surface area contributed by atoms with E-state index in [0.29, 0.717) is 11.4 Å². The fourth-order valence-electron chi connectivity index (χ4n) is 1.79. The molecule has 0 saturated carbocycles. The fourth-order valence-corrected chi connectivity index (χ4v) is 1.79. The van der Waals surface area contributed by atoms with Crippen LogP contribution >= 0.6 is 0 Å². The molecule has 1 amide bonds. The summed E-state index contributed by atoms with van der Waals surface area (Å²) in [5, 5.41) is 11.4. The first kappa shape index (κ1) is 16.0. The number of aliphatic carboxylic acids is 1. The third kappa shape index (κ3) is 4.24. The van der Waals surface area contributed by atoms with Crippen molar-refractivity contribution in [2.75, 3.05) is 24.6 Å². The lowest BCUT2D eigenvalue weighted by Gasteiger charge is -2.22. The Kier molecular flexibility index (Phi) is 5.52. The molecule has 0 heterocycles. The molecule has 0 saturated heterocycles. The molecular weight excluding hydrogens is 258 g/mol. The fraction of sp³-hybridized carbons (Fsp3) is 0.429. The van der Waals surface area contributed by atoms with Crippen LogP contribution in [0.5, 0.6) is 0 Å². The number of hydrogen-bond acceptors (Lipinski definition) is 4. The summed E-state index contributed by atoms with van der Waals surface area (Å²) in [4.78, 5) is 24.1. The van der Waals surface area contributed by atoms with E-state index in [0.717, 1.165) is 12.0 Å². The molecule has 0 aliphatic rings. The monoisotopic (exact) mass is 279 g/mol. The molecule has 110 valence electrons. The summed E-state index contributed by atoms with van der Waals surface area (Å²) >= 11 is 0. The van der Waals surface area contributed by atoms with Crippen molar-refractivity contribution < 1.29 is 14.7 Å². The van der Waals surface area contributed by atoms with Crippen LogP contribution in [-0.2, 0) is 16.0 Å². The van der Waals surface area contributed by atoms with Crippen LogP contribution in [0.15, 0.2) is 18.2 Å². The van der Waals surface area contributed by atoms with Gasteiger partial charge < -0.3 is 16.2 Å². The molecule has 4 N–H and O–H groups in total. The van der Waals surface area contributed by atoms with Gasteiger partial charge in [-0.3, -0.25) is 14.5 Å².